The molecule has 0 radical (unpaired) electrons. The van der Waals surface area contributed by atoms with Gasteiger partial charge >= 0.3 is 51.4 Å². The van der Waals surface area contributed by atoms with Gasteiger partial charge in [-0.1, -0.05) is 0 Å². The Morgan fingerprint density at radius 1 is 1.00 bits per heavy atom. The molecular weight excluding hydrogens is 161 g/mol. The van der Waals surface area contributed by atoms with E-state index in [1.165, 1.54) is 0 Å². The average Bonchev–Trinajstić information content (AvgIpc) is 0. The summed E-state index contributed by atoms with van der Waals surface area (Å²) in [5.41, 5.74) is 0. The predicted octanol–water partition coefficient (Wildman–Crippen LogP) is -2.84. The van der Waals surface area contributed by atoms with Gasteiger partial charge in [0.1, 0.15) is 0 Å². The van der Waals surface area contributed by atoms with Crippen LogP contribution in [0.5, 0.6) is 0 Å². The Morgan fingerprint density at radius 2 is 1.00 bits per heavy atom. The molecule has 0 saturated heterocycles. The van der Waals surface area contributed by atoms with Crippen molar-refractivity contribution in [3.05, 3.63) is 0 Å². The van der Waals surface area contributed by atoms with E-state index in [0.29, 0.717) is 0 Å². The topological polar surface area (TPSA) is 35.0 Å². The van der Waals surface area contributed by atoms with Crippen molar-refractivity contribution in [2.24, 2.45) is 0 Å². The second-order valence-corrected chi connectivity index (χ2v) is 0. The third kappa shape index (κ3) is 8.82. The summed E-state index contributed by atoms with van der Waals surface area (Å²) in [6.07, 6.45) is 0. The van der Waals surface area contributed by atoms with Crippen molar-refractivity contribution in [1.82, 2.24) is 6.15 Å². The standard InChI is InChI=1S/Cr.Fe.K.H3N/h;;;1H3/q;;+1;. The van der Waals surface area contributed by atoms with Gasteiger partial charge < -0.3 is 6.15 Å². The summed E-state index contributed by atoms with van der Waals surface area (Å²) in [7, 11) is 0. The normalized spacial score (nSPS) is 0. The fraction of sp³-hybridized carbons (Fsp3) is 0. The van der Waals surface area contributed by atoms with Crippen LogP contribution in [0.3, 0.4) is 0 Å². The summed E-state index contributed by atoms with van der Waals surface area (Å²) in [5, 5.41) is 0. The van der Waals surface area contributed by atoms with E-state index in [-0.39, 0.29) is 92.0 Å². The second kappa shape index (κ2) is 17.4. The minimum Gasteiger partial charge on any atom is -0.344 e. The predicted molar refractivity (Wildman–Crippen MR) is 5.02 cm³/mol. The zero-order chi connectivity index (χ0) is 0. The van der Waals surface area contributed by atoms with E-state index in [2.05, 4.69) is 0 Å². The summed E-state index contributed by atoms with van der Waals surface area (Å²) in [6, 6.07) is 0. The fourth-order valence-electron chi connectivity index (χ4n) is 0. The summed E-state index contributed by atoms with van der Waals surface area (Å²) >= 11 is 0. The summed E-state index contributed by atoms with van der Waals surface area (Å²) in [6.45, 7) is 0. The molecule has 3 N–H and O–H groups in total. The molecule has 22 valence electrons. The molecule has 0 aliphatic heterocycles. The summed E-state index contributed by atoms with van der Waals surface area (Å²) in [4.78, 5) is 0. The van der Waals surface area contributed by atoms with Gasteiger partial charge in [-0.2, -0.15) is 0 Å². The minimum absolute atomic E-state index is 0. The summed E-state index contributed by atoms with van der Waals surface area (Å²) < 4.78 is 0. The van der Waals surface area contributed by atoms with Gasteiger partial charge in [-0.15, -0.1) is 0 Å². The molecule has 0 spiro atoms. The van der Waals surface area contributed by atoms with Crippen molar-refractivity contribution in [2.45, 2.75) is 0 Å². The Labute approximate surface area is 89.9 Å². The number of hydrogen-bond acceptors (Lipinski definition) is 1. The van der Waals surface area contributed by atoms with E-state index in [1.54, 1.807) is 0 Å². The molecule has 0 aromatic carbocycles. The van der Waals surface area contributed by atoms with Crippen LogP contribution in [0.25, 0.3) is 0 Å². The van der Waals surface area contributed by atoms with Gasteiger partial charge in [0.2, 0.25) is 0 Å². The van der Waals surface area contributed by atoms with E-state index in [0.717, 1.165) is 0 Å². The molecule has 0 rings (SSSR count). The van der Waals surface area contributed by atoms with Crippen molar-refractivity contribution in [3.63, 3.8) is 0 Å². The molecule has 0 aliphatic rings. The minimum atomic E-state index is 0. The zero-order valence-corrected chi connectivity index (χ0v) is 7.97. The van der Waals surface area contributed by atoms with Crippen LogP contribution in [0, 0.1) is 0 Å². The summed E-state index contributed by atoms with van der Waals surface area (Å²) in [5.74, 6) is 0. The van der Waals surface area contributed by atoms with Crippen molar-refractivity contribution in [1.29, 1.82) is 0 Å². The van der Waals surface area contributed by atoms with E-state index >= 15 is 0 Å². The first-order chi connectivity index (χ1) is 0. The first-order valence-electron chi connectivity index (χ1n) is 0. The Balaban J connectivity index is 0. The van der Waals surface area contributed by atoms with Crippen LogP contribution in [-0.2, 0) is 34.4 Å². The molecule has 0 unspecified atom stereocenters. The van der Waals surface area contributed by atoms with Crippen molar-refractivity contribution < 1.29 is 85.8 Å². The van der Waals surface area contributed by atoms with Crippen molar-refractivity contribution >= 4 is 0 Å². The Kier molecular flexibility index (Phi) is 132. The van der Waals surface area contributed by atoms with Gasteiger partial charge in [-0.3, -0.25) is 0 Å². The third-order valence-corrected chi connectivity index (χ3v) is 0. The fourth-order valence-corrected chi connectivity index (χ4v) is 0. The SMILES string of the molecule is N.[Cr].[Fe].[K+]. The van der Waals surface area contributed by atoms with Crippen molar-refractivity contribution in [3.8, 4) is 0 Å². The van der Waals surface area contributed by atoms with Gasteiger partial charge in [-0.25, -0.2) is 0 Å². The van der Waals surface area contributed by atoms with Crippen LogP contribution in [0.2, 0.25) is 0 Å². The molecule has 0 saturated carbocycles. The Bertz CT molecular complexity index is 8.00. The maximum absolute atomic E-state index is 0. The molecule has 1 nitrogen and oxygen atoms in total. The van der Waals surface area contributed by atoms with E-state index < -0.39 is 0 Å². The number of rotatable bonds is 0. The molecule has 0 aromatic rings. The largest absolute Gasteiger partial charge is 1.00 e. The molecule has 0 amide bonds. The zero-order valence-electron chi connectivity index (χ0n) is 2.47. The van der Waals surface area contributed by atoms with Crippen LogP contribution in [-0.4, -0.2) is 0 Å². The first-order valence-corrected chi connectivity index (χ1v) is 0. The molecule has 4 heteroatoms. The van der Waals surface area contributed by atoms with Crippen LogP contribution in [0.4, 0.5) is 0 Å². The van der Waals surface area contributed by atoms with Crippen molar-refractivity contribution in [2.75, 3.05) is 0 Å². The Hall–Kier alpha value is 2.65. The smallest absolute Gasteiger partial charge is 0.344 e. The van der Waals surface area contributed by atoms with Gasteiger partial charge in [0.25, 0.3) is 0 Å². The van der Waals surface area contributed by atoms with Gasteiger partial charge in [0.05, 0.1) is 0 Å². The first kappa shape index (κ1) is 30.2. The molecule has 0 fully saturated rings. The molecule has 0 bridgehead atoms. The maximum Gasteiger partial charge on any atom is 1.00 e. The van der Waals surface area contributed by atoms with Crippen LogP contribution < -0.4 is 57.5 Å². The van der Waals surface area contributed by atoms with Crippen LogP contribution >= 0.6 is 0 Å². The van der Waals surface area contributed by atoms with Gasteiger partial charge in [0, 0.05) is 34.4 Å². The number of hydrogen-bond donors (Lipinski definition) is 1. The molecule has 0 atom stereocenters. The van der Waals surface area contributed by atoms with Gasteiger partial charge in [0.15, 0.2) is 0 Å². The molecule has 0 aromatic heterocycles. The quantitative estimate of drug-likeness (QED) is 0.384. The third-order valence-electron chi connectivity index (χ3n) is 0. The second-order valence-electron chi connectivity index (χ2n) is 0. The molecule has 0 aliphatic carbocycles. The monoisotopic (exact) mass is 164 g/mol. The van der Waals surface area contributed by atoms with Crippen LogP contribution in [0.1, 0.15) is 0 Å². The van der Waals surface area contributed by atoms with Crippen LogP contribution in [0.15, 0.2) is 0 Å². The molecule has 0 heterocycles. The maximum atomic E-state index is 0. The average molecular weight is 164 g/mol. The van der Waals surface area contributed by atoms with E-state index in [4.69, 9.17) is 0 Å². The van der Waals surface area contributed by atoms with E-state index in [1.807, 2.05) is 0 Å². The molecular formula is H3CrFeKN+. The van der Waals surface area contributed by atoms with E-state index in [9.17, 15) is 0 Å². The molecule has 4 heavy (non-hydrogen) atoms. The Morgan fingerprint density at radius 3 is 1.00 bits per heavy atom. The van der Waals surface area contributed by atoms with Gasteiger partial charge in [-0.05, 0) is 0 Å².